The maximum Gasteiger partial charge on any atom is 0.234 e. The molecule has 1 aliphatic rings. The minimum absolute atomic E-state index is 0.0151. The maximum absolute atomic E-state index is 11.7. The van der Waals surface area contributed by atoms with Crippen molar-refractivity contribution in [3.05, 3.63) is 11.3 Å². The van der Waals surface area contributed by atoms with Crippen LogP contribution in [0.3, 0.4) is 0 Å². The Balaban J connectivity index is 1.89. The molecule has 1 atom stereocenters. The maximum atomic E-state index is 11.7. The number of nitrogens with zero attached hydrogens (tertiary/aromatic N) is 1. The van der Waals surface area contributed by atoms with Gasteiger partial charge >= 0.3 is 0 Å². The van der Waals surface area contributed by atoms with Crippen LogP contribution in [0.5, 0.6) is 0 Å². The van der Waals surface area contributed by atoms with Crippen molar-refractivity contribution in [1.29, 1.82) is 0 Å². The zero-order chi connectivity index (χ0) is 11.5. The van der Waals surface area contributed by atoms with E-state index >= 15 is 0 Å². The molecule has 1 aromatic rings. The van der Waals surface area contributed by atoms with Crippen molar-refractivity contribution in [3.63, 3.8) is 0 Å². The lowest BCUT2D eigenvalue weighted by Gasteiger charge is -2.08. The van der Waals surface area contributed by atoms with Crippen molar-refractivity contribution >= 4 is 11.8 Å². The molecule has 1 saturated heterocycles. The molecule has 1 aliphatic heterocycles. The van der Waals surface area contributed by atoms with Gasteiger partial charge in [0.05, 0.1) is 5.69 Å². The normalized spacial score (nSPS) is 20.0. The number of hydrogen-bond acceptors (Lipinski definition) is 4. The van der Waals surface area contributed by atoms with Crippen LogP contribution in [-0.2, 0) is 4.79 Å². The molecule has 0 bridgehead atoms. The van der Waals surface area contributed by atoms with E-state index in [1.807, 2.05) is 13.8 Å². The molecule has 1 amide bonds. The molecule has 1 unspecified atom stereocenters. The van der Waals surface area contributed by atoms with Gasteiger partial charge < -0.3 is 9.84 Å². The van der Waals surface area contributed by atoms with Crippen molar-refractivity contribution in [2.75, 3.05) is 11.9 Å². The summed E-state index contributed by atoms with van der Waals surface area (Å²) >= 11 is 0. The third-order valence-corrected chi connectivity index (χ3v) is 3.00. The Labute approximate surface area is 94.6 Å². The first-order chi connectivity index (χ1) is 7.66. The Kier molecular flexibility index (Phi) is 3.24. The van der Waals surface area contributed by atoms with Gasteiger partial charge in [0.2, 0.25) is 11.8 Å². The lowest BCUT2D eigenvalue weighted by atomic mass is 10.1. The molecule has 0 radical (unpaired) electrons. The molecule has 1 aromatic heterocycles. The quantitative estimate of drug-likeness (QED) is 0.812. The summed E-state index contributed by atoms with van der Waals surface area (Å²) in [4.78, 5) is 11.7. The first-order valence-electron chi connectivity index (χ1n) is 5.63. The highest BCUT2D eigenvalue weighted by atomic mass is 16.5. The number of rotatable bonds is 3. The van der Waals surface area contributed by atoms with E-state index in [2.05, 4.69) is 15.8 Å². The van der Waals surface area contributed by atoms with E-state index < -0.39 is 0 Å². The van der Waals surface area contributed by atoms with Gasteiger partial charge in [-0.2, -0.15) is 0 Å². The molecular weight excluding hydrogens is 206 g/mol. The number of carbonyl (C=O) groups excluding carboxylic acids is 1. The lowest BCUT2D eigenvalue weighted by Crippen LogP contribution is -2.27. The first-order valence-corrected chi connectivity index (χ1v) is 5.63. The molecule has 2 heterocycles. The van der Waals surface area contributed by atoms with Crippen LogP contribution in [0.2, 0.25) is 0 Å². The molecule has 0 aromatic carbocycles. The topological polar surface area (TPSA) is 67.2 Å². The van der Waals surface area contributed by atoms with Crippen molar-refractivity contribution < 1.29 is 9.32 Å². The summed E-state index contributed by atoms with van der Waals surface area (Å²) in [5.41, 5.74) is 1.71. The third kappa shape index (κ3) is 2.41. The van der Waals surface area contributed by atoms with E-state index in [4.69, 9.17) is 4.52 Å². The summed E-state index contributed by atoms with van der Waals surface area (Å²) in [6.07, 6.45) is 2.72. The molecule has 2 N–H and O–H groups in total. The van der Waals surface area contributed by atoms with Gasteiger partial charge in [-0.1, -0.05) is 5.16 Å². The fourth-order valence-electron chi connectivity index (χ4n) is 1.86. The van der Waals surface area contributed by atoms with Crippen LogP contribution >= 0.6 is 0 Å². The number of nitrogens with one attached hydrogen (secondary N) is 2. The fraction of sp³-hybridized carbons (Fsp3) is 0.636. The van der Waals surface area contributed by atoms with E-state index in [0.29, 0.717) is 18.3 Å². The van der Waals surface area contributed by atoms with Gasteiger partial charge in [-0.3, -0.25) is 10.1 Å². The number of carbonyl (C=O) groups is 1. The molecule has 5 nitrogen and oxygen atoms in total. The predicted molar refractivity (Wildman–Crippen MR) is 60.2 cm³/mol. The number of aromatic nitrogens is 1. The van der Waals surface area contributed by atoms with E-state index in [-0.39, 0.29) is 5.91 Å². The minimum atomic E-state index is -0.0151. The molecule has 16 heavy (non-hydrogen) atoms. The largest absolute Gasteiger partial charge is 0.338 e. The third-order valence-electron chi connectivity index (χ3n) is 3.00. The van der Waals surface area contributed by atoms with Crippen molar-refractivity contribution in [2.45, 2.75) is 39.2 Å². The molecule has 2 rings (SSSR count). The van der Waals surface area contributed by atoms with Crippen LogP contribution in [0.15, 0.2) is 4.52 Å². The van der Waals surface area contributed by atoms with Crippen LogP contribution in [0.25, 0.3) is 0 Å². The summed E-state index contributed by atoms with van der Waals surface area (Å²) in [6.45, 7) is 4.75. The Bertz CT molecular complexity index is 381. The van der Waals surface area contributed by atoms with E-state index in [1.54, 1.807) is 0 Å². The van der Waals surface area contributed by atoms with Gasteiger partial charge in [-0.05, 0) is 33.2 Å². The lowest BCUT2D eigenvalue weighted by molar-refractivity contribution is -0.116. The highest BCUT2D eigenvalue weighted by Crippen LogP contribution is 2.18. The van der Waals surface area contributed by atoms with E-state index in [1.165, 1.54) is 0 Å². The van der Waals surface area contributed by atoms with E-state index in [0.717, 1.165) is 30.6 Å². The molecular formula is C11H17N3O2. The SMILES string of the molecule is Cc1noc(NC(=O)CC2CCCN2)c1C. The Morgan fingerprint density at radius 1 is 1.62 bits per heavy atom. The second kappa shape index (κ2) is 4.65. The highest BCUT2D eigenvalue weighted by molar-refractivity contribution is 5.90. The number of aryl methyl sites for hydroxylation is 1. The molecule has 0 saturated carbocycles. The summed E-state index contributed by atoms with van der Waals surface area (Å²) in [5, 5.41) is 9.83. The van der Waals surface area contributed by atoms with Gasteiger partial charge in [-0.25, -0.2) is 0 Å². The van der Waals surface area contributed by atoms with Crippen LogP contribution in [0.1, 0.15) is 30.5 Å². The zero-order valence-electron chi connectivity index (χ0n) is 9.67. The van der Waals surface area contributed by atoms with Gasteiger partial charge in [0.15, 0.2) is 0 Å². The predicted octanol–water partition coefficient (Wildman–Crippen LogP) is 1.37. The summed E-state index contributed by atoms with van der Waals surface area (Å²) < 4.78 is 5.03. The molecule has 5 heteroatoms. The van der Waals surface area contributed by atoms with Crippen molar-refractivity contribution in [1.82, 2.24) is 10.5 Å². The van der Waals surface area contributed by atoms with Crippen LogP contribution < -0.4 is 10.6 Å². The number of amides is 1. The Morgan fingerprint density at radius 2 is 2.44 bits per heavy atom. The van der Waals surface area contributed by atoms with Gasteiger partial charge in [0.1, 0.15) is 0 Å². The zero-order valence-corrected chi connectivity index (χ0v) is 9.67. The monoisotopic (exact) mass is 223 g/mol. The highest BCUT2D eigenvalue weighted by Gasteiger charge is 2.19. The smallest absolute Gasteiger partial charge is 0.234 e. The van der Waals surface area contributed by atoms with Crippen molar-refractivity contribution in [3.8, 4) is 0 Å². The second-order valence-electron chi connectivity index (χ2n) is 4.27. The molecule has 0 aliphatic carbocycles. The van der Waals surface area contributed by atoms with E-state index in [9.17, 15) is 4.79 Å². The summed E-state index contributed by atoms with van der Waals surface area (Å²) in [7, 11) is 0. The Hall–Kier alpha value is -1.36. The average Bonchev–Trinajstić information content (AvgIpc) is 2.83. The fourth-order valence-corrected chi connectivity index (χ4v) is 1.86. The van der Waals surface area contributed by atoms with Gasteiger partial charge in [0.25, 0.3) is 0 Å². The van der Waals surface area contributed by atoms with Gasteiger partial charge in [-0.15, -0.1) is 0 Å². The van der Waals surface area contributed by atoms with Crippen LogP contribution in [-0.4, -0.2) is 23.7 Å². The summed E-state index contributed by atoms with van der Waals surface area (Å²) in [5.74, 6) is 0.458. The van der Waals surface area contributed by atoms with Crippen LogP contribution in [0, 0.1) is 13.8 Å². The second-order valence-corrected chi connectivity index (χ2v) is 4.27. The molecule has 88 valence electrons. The summed E-state index contributed by atoms with van der Waals surface area (Å²) in [6, 6.07) is 0.310. The van der Waals surface area contributed by atoms with Crippen molar-refractivity contribution in [2.24, 2.45) is 0 Å². The minimum Gasteiger partial charge on any atom is -0.338 e. The standard InChI is InChI=1S/C11H17N3O2/c1-7-8(2)14-16-11(7)13-10(15)6-9-4-3-5-12-9/h9,12H,3-6H2,1-2H3,(H,13,15). The number of hydrogen-bond donors (Lipinski definition) is 2. The average molecular weight is 223 g/mol. The van der Waals surface area contributed by atoms with Crippen LogP contribution in [0.4, 0.5) is 5.88 Å². The van der Waals surface area contributed by atoms with Gasteiger partial charge in [0, 0.05) is 18.0 Å². The molecule has 0 spiro atoms. The number of anilines is 1. The molecule has 1 fully saturated rings. The first kappa shape index (κ1) is 11.1. The Morgan fingerprint density at radius 3 is 3.00 bits per heavy atom.